The number of likely N-dealkylation sites (N-methyl/N-ethyl adjacent to an activating group) is 1. The van der Waals surface area contributed by atoms with Gasteiger partial charge in [0, 0.05) is 30.2 Å². The molecule has 0 aliphatic heterocycles. The Morgan fingerprint density at radius 3 is 2.62 bits per heavy atom. The molecule has 0 amide bonds. The third-order valence-corrected chi connectivity index (χ3v) is 4.60. The van der Waals surface area contributed by atoms with Gasteiger partial charge in [-0.05, 0) is 55.9 Å². The summed E-state index contributed by atoms with van der Waals surface area (Å²) in [5, 5.41) is 10.5. The van der Waals surface area contributed by atoms with Crippen molar-refractivity contribution in [1.29, 1.82) is 0 Å². The number of methoxy groups -OCH3 is 1. The van der Waals surface area contributed by atoms with E-state index in [1.807, 2.05) is 45.4 Å². The molecule has 0 radical (unpaired) electrons. The number of esters is 1. The van der Waals surface area contributed by atoms with E-state index in [-0.39, 0.29) is 11.7 Å². The Bertz CT molecular complexity index is 957. The highest BCUT2D eigenvalue weighted by Gasteiger charge is 2.16. The van der Waals surface area contributed by atoms with Crippen LogP contribution < -0.4 is 0 Å². The summed E-state index contributed by atoms with van der Waals surface area (Å²) < 4.78 is 7.04. The van der Waals surface area contributed by atoms with Crippen LogP contribution in [-0.2, 0) is 11.3 Å². The predicted molar refractivity (Wildman–Crippen MR) is 104 cm³/mol. The van der Waals surface area contributed by atoms with Crippen LogP contribution in [0, 0.1) is 6.92 Å². The first-order valence-electron chi connectivity index (χ1n) is 8.56. The zero-order valence-corrected chi connectivity index (χ0v) is 15.6. The molecule has 3 aromatic rings. The summed E-state index contributed by atoms with van der Waals surface area (Å²) in [6.45, 7) is 3.62. The SMILES string of the molecule is COC(=O)c1cn(CCN(C)C)c2cc(-c3ccc(O)cc3C)ccc12. The lowest BCUT2D eigenvalue weighted by Crippen LogP contribution is -2.18. The molecule has 1 N–H and O–H groups in total. The number of rotatable bonds is 5. The van der Waals surface area contributed by atoms with Crippen molar-refractivity contribution in [2.45, 2.75) is 13.5 Å². The van der Waals surface area contributed by atoms with Gasteiger partial charge in [0.25, 0.3) is 0 Å². The lowest BCUT2D eigenvalue weighted by atomic mass is 9.99. The molecule has 0 fully saturated rings. The topological polar surface area (TPSA) is 54.7 Å². The fourth-order valence-electron chi connectivity index (χ4n) is 3.20. The first kappa shape index (κ1) is 18.0. The molecule has 0 spiro atoms. The molecule has 1 heterocycles. The standard InChI is InChI=1S/C21H24N2O3/c1-14-11-16(24)6-8-17(14)15-5-7-18-19(21(25)26-4)13-23(20(18)12-15)10-9-22(2)3/h5-8,11-13,24H,9-10H2,1-4H3. The van der Waals surface area contributed by atoms with Gasteiger partial charge in [0.05, 0.1) is 12.7 Å². The zero-order chi connectivity index (χ0) is 18.8. The van der Waals surface area contributed by atoms with Crippen LogP contribution in [0.15, 0.2) is 42.6 Å². The summed E-state index contributed by atoms with van der Waals surface area (Å²) in [7, 11) is 5.45. The predicted octanol–water partition coefficient (Wildman–Crippen LogP) is 3.67. The molecule has 26 heavy (non-hydrogen) atoms. The number of fused-ring (bicyclic) bond motifs is 1. The van der Waals surface area contributed by atoms with Crippen molar-refractivity contribution in [1.82, 2.24) is 9.47 Å². The van der Waals surface area contributed by atoms with Gasteiger partial charge in [0.1, 0.15) is 5.75 Å². The largest absolute Gasteiger partial charge is 0.508 e. The average molecular weight is 352 g/mol. The highest BCUT2D eigenvalue weighted by atomic mass is 16.5. The summed E-state index contributed by atoms with van der Waals surface area (Å²) in [6.07, 6.45) is 1.87. The third-order valence-electron chi connectivity index (χ3n) is 4.60. The molecule has 0 aliphatic rings. The molecule has 0 saturated heterocycles. The Morgan fingerprint density at radius 2 is 1.96 bits per heavy atom. The Morgan fingerprint density at radius 1 is 1.19 bits per heavy atom. The molecule has 136 valence electrons. The minimum Gasteiger partial charge on any atom is -0.508 e. The van der Waals surface area contributed by atoms with E-state index in [1.165, 1.54) is 7.11 Å². The third kappa shape index (κ3) is 3.44. The van der Waals surface area contributed by atoms with Crippen molar-refractivity contribution in [3.63, 3.8) is 0 Å². The van der Waals surface area contributed by atoms with Crippen LogP contribution >= 0.6 is 0 Å². The second-order valence-corrected chi connectivity index (χ2v) is 6.76. The minimum absolute atomic E-state index is 0.259. The number of aryl methyl sites for hydroxylation is 1. The number of aromatic nitrogens is 1. The maximum Gasteiger partial charge on any atom is 0.340 e. The van der Waals surface area contributed by atoms with E-state index in [9.17, 15) is 9.90 Å². The van der Waals surface area contributed by atoms with Gasteiger partial charge in [-0.15, -0.1) is 0 Å². The van der Waals surface area contributed by atoms with Gasteiger partial charge in [-0.25, -0.2) is 4.79 Å². The van der Waals surface area contributed by atoms with Gasteiger partial charge in [0.15, 0.2) is 0 Å². The van der Waals surface area contributed by atoms with Crippen molar-refractivity contribution >= 4 is 16.9 Å². The Hall–Kier alpha value is -2.79. The van der Waals surface area contributed by atoms with Crippen molar-refractivity contribution < 1.29 is 14.6 Å². The molecule has 0 unspecified atom stereocenters. The lowest BCUT2D eigenvalue weighted by Gasteiger charge is -2.12. The van der Waals surface area contributed by atoms with Gasteiger partial charge in [-0.3, -0.25) is 0 Å². The molecule has 5 heteroatoms. The number of aromatic hydroxyl groups is 1. The van der Waals surface area contributed by atoms with E-state index in [4.69, 9.17) is 4.74 Å². The Balaban J connectivity index is 2.14. The molecule has 5 nitrogen and oxygen atoms in total. The number of phenolic OH excluding ortho intramolecular Hbond substituents is 1. The van der Waals surface area contributed by atoms with Gasteiger partial charge >= 0.3 is 5.97 Å². The van der Waals surface area contributed by atoms with Crippen molar-refractivity contribution in [2.75, 3.05) is 27.7 Å². The highest BCUT2D eigenvalue weighted by molar-refractivity contribution is 6.05. The van der Waals surface area contributed by atoms with Crippen LogP contribution in [0.5, 0.6) is 5.75 Å². The second-order valence-electron chi connectivity index (χ2n) is 6.76. The minimum atomic E-state index is -0.327. The number of benzene rings is 2. The monoisotopic (exact) mass is 352 g/mol. The van der Waals surface area contributed by atoms with Gasteiger partial charge in [-0.1, -0.05) is 18.2 Å². The number of carbonyl (C=O) groups is 1. The molecular weight excluding hydrogens is 328 g/mol. The molecule has 0 atom stereocenters. The van der Waals surface area contributed by atoms with E-state index in [0.717, 1.165) is 40.7 Å². The number of hydrogen-bond donors (Lipinski definition) is 1. The number of hydrogen-bond acceptors (Lipinski definition) is 4. The summed E-state index contributed by atoms with van der Waals surface area (Å²) in [4.78, 5) is 14.3. The molecule has 0 bridgehead atoms. The van der Waals surface area contributed by atoms with E-state index < -0.39 is 0 Å². The molecule has 0 aliphatic carbocycles. The summed E-state index contributed by atoms with van der Waals surface area (Å²) in [5.41, 5.74) is 4.69. The van der Waals surface area contributed by atoms with E-state index in [2.05, 4.69) is 15.5 Å². The highest BCUT2D eigenvalue weighted by Crippen LogP contribution is 2.31. The quantitative estimate of drug-likeness (QED) is 0.712. The zero-order valence-electron chi connectivity index (χ0n) is 15.6. The molecule has 1 aromatic heterocycles. The first-order chi connectivity index (χ1) is 12.4. The normalized spacial score (nSPS) is 11.3. The fourth-order valence-corrected chi connectivity index (χ4v) is 3.20. The smallest absolute Gasteiger partial charge is 0.340 e. The van der Waals surface area contributed by atoms with Crippen molar-refractivity contribution in [3.8, 4) is 16.9 Å². The number of ether oxygens (including phenoxy) is 1. The first-order valence-corrected chi connectivity index (χ1v) is 8.56. The molecule has 2 aromatic carbocycles. The van der Waals surface area contributed by atoms with E-state index in [1.54, 1.807) is 12.1 Å². The van der Waals surface area contributed by atoms with Crippen LogP contribution in [0.25, 0.3) is 22.0 Å². The van der Waals surface area contributed by atoms with Crippen LogP contribution in [0.3, 0.4) is 0 Å². The van der Waals surface area contributed by atoms with Gasteiger partial charge in [0.2, 0.25) is 0 Å². The van der Waals surface area contributed by atoms with Gasteiger partial charge < -0.3 is 19.3 Å². The Kier molecular flexibility index (Phi) is 5.00. The maximum atomic E-state index is 12.2. The van der Waals surface area contributed by atoms with Gasteiger partial charge in [-0.2, -0.15) is 0 Å². The van der Waals surface area contributed by atoms with Crippen molar-refractivity contribution in [3.05, 3.63) is 53.7 Å². The summed E-state index contributed by atoms with van der Waals surface area (Å²) in [5.74, 6) is -0.0677. The van der Waals surface area contributed by atoms with Crippen LogP contribution in [0.4, 0.5) is 0 Å². The summed E-state index contributed by atoms with van der Waals surface area (Å²) >= 11 is 0. The molecule has 3 rings (SSSR count). The van der Waals surface area contributed by atoms with E-state index in [0.29, 0.717) is 5.56 Å². The maximum absolute atomic E-state index is 12.2. The number of phenols is 1. The number of carbonyl (C=O) groups excluding carboxylic acids is 1. The second kappa shape index (κ2) is 7.22. The average Bonchev–Trinajstić information content (AvgIpc) is 2.97. The fraction of sp³-hybridized carbons (Fsp3) is 0.286. The lowest BCUT2D eigenvalue weighted by molar-refractivity contribution is 0.0602. The molecular formula is C21H24N2O3. The van der Waals surface area contributed by atoms with E-state index >= 15 is 0 Å². The molecule has 0 saturated carbocycles. The van der Waals surface area contributed by atoms with Crippen LogP contribution in [0.2, 0.25) is 0 Å². The summed E-state index contributed by atoms with van der Waals surface area (Å²) in [6, 6.07) is 11.4. The van der Waals surface area contributed by atoms with Crippen molar-refractivity contribution in [2.24, 2.45) is 0 Å². The number of nitrogens with zero attached hydrogens (tertiary/aromatic N) is 2. The van der Waals surface area contributed by atoms with Crippen LogP contribution in [-0.4, -0.2) is 48.3 Å². The van der Waals surface area contributed by atoms with Crippen LogP contribution in [0.1, 0.15) is 15.9 Å². The Labute approximate surface area is 153 Å².